The number of hydrogen-bond donors (Lipinski definition) is 2. The number of carbonyl (C=O) groups is 3. The highest BCUT2D eigenvalue weighted by Gasteiger charge is 2.52. The number of epoxide rings is 1. The van der Waals surface area contributed by atoms with Gasteiger partial charge in [-0.05, 0) is 31.5 Å². The summed E-state index contributed by atoms with van der Waals surface area (Å²) in [5, 5.41) is 5.57. The molecule has 1 saturated heterocycles. The zero-order valence-electron chi connectivity index (χ0n) is 17.7. The van der Waals surface area contributed by atoms with Crippen LogP contribution >= 0.6 is 0 Å². The number of amides is 2. The van der Waals surface area contributed by atoms with Crippen LogP contribution in [0.1, 0.15) is 23.7 Å². The molecule has 2 N–H and O–H groups in total. The van der Waals surface area contributed by atoms with Gasteiger partial charge < -0.3 is 20.1 Å². The van der Waals surface area contributed by atoms with Gasteiger partial charge >= 0.3 is 5.97 Å². The first-order valence-electron chi connectivity index (χ1n) is 10.3. The Kier molecular flexibility index (Phi) is 7.72. The van der Waals surface area contributed by atoms with Crippen LogP contribution in [-0.4, -0.2) is 54.2 Å². The van der Waals surface area contributed by atoms with E-state index < -0.39 is 30.1 Å². The van der Waals surface area contributed by atoms with Gasteiger partial charge in [0, 0.05) is 31.3 Å². The van der Waals surface area contributed by atoms with Crippen molar-refractivity contribution in [3.63, 3.8) is 0 Å². The van der Waals surface area contributed by atoms with Gasteiger partial charge in [0.15, 0.2) is 12.2 Å². The Morgan fingerprint density at radius 3 is 2.58 bits per heavy atom. The number of hydrogen-bond acceptors (Lipinski definition) is 6. The molecule has 1 fully saturated rings. The van der Waals surface area contributed by atoms with Crippen LogP contribution in [-0.2, 0) is 36.7 Å². The second-order valence-electron chi connectivity index (χ2n) is 7.34. The quantitative estimate of drug-likeness (QED) is 0.436. The summed E-state index contributed by atoms with van der Waals surface area (Å²) in [4.78, 5) is 41.3. The molecule has 1 aliphatic heterocycles. The maximum atomic E-state index is 12.8. The number of carbonyl (C=O) groups excluding carboxylic acids is 3. The number of benzene rings is 1. The number of aryl methyl sites for hydroxylation is 1. The smallest absolute Gasteiger partial charge is 0.338 e. The highest BCUT2D eigenvalue weighted by Crippen LogP contribution is 2.24. The lowest BCUT2D eigenvalue weighted by Gasteiger charge is -2.18. The minimum Gasteiger partial charge on any atom is -0.464 e. The van der Waals surface area contributed by atoms with Gasteiger partial charge in [-0.15, -0.1) is 0 Å². The van der Waals surface area contributed by atoms with Gasteiger partial charge in [-0.2, -0.15) is 0 Å². The minimum atomic E-state index is -0.930. The molecule has 0 radical (unpaired) electrons. The van der Waals surface area contributed by atoms with Crippen LogP contribution in [0.15, 0.2) is 48.7 Å². The Morgan fingerprint density at radius 1 is 1.13 bits per heavy atom. The number of esters is 1. The normalized spacial score (nSPS) is 18.0. The van der Waals surface area contributed by atoms with Crippen molar-refractivity contribution in [2.75, 3.05) is 13.2 Å². The third kappa shape index (κ3) is 6.62. The average molecular weight is 425 g/mol. The number of nitrogens with one attached hydrogen (secondary N) is 2. The van der Waals surface area contributed by atoms with Crippen molar-refractivity contribution >= 4 is 17.8 Å². The molecule has 3 atom stereocenters. The highest BCUT2D eigenvalue weighted by atomic mass is 16.6. The van der Waals surface area contributed by atoms with Crippen molar-refractivity contribution in [1.82, 2.24) is 15.6 Å². The molecule has 3 rings (SSSR count). The number of rotatable bonds is 10. The fourth-order valence-electron chi connectivity index (χ4n) is 3.12. The summed E-state index contributed by atoms with van der Waals surface area (Å²) in [5.74, 6) is -1.38. The zero-order valence-corrected chi connectivity index (χ0v) is 17.7. The lowest BCUT2D eigenvalue weighted by Crippen LogP contribution is -2.50. The molecular weight excluding hydrogens is 398 g/mol. The average Bonchev–Trinajstić information content (AvgIpc) is 3.57. The Hall–Kier alpha value is -3.26. The van der Waals surface area contributed by atoms with Crippen molar-refractivity contribution in [2.24, 2.45) is 0 Å². The zero-order chi connectivity index (χ0) is 22.2. The van der Waals surface area contributed by atoms with Crippen LogP contribution in [0, 0.1) is 6.92 Å². The van der Waals surface area contributed by atoms with Crippen molar-refractivity contribution < 1.29 is 23.9 Å². The van der Waals surface area contributed by atoms with Crippen molar-refractivity contribution in [2.45, 2.75) is 44.9 Å². The molecule has 1 aromatic heterocycles. The summed E-state index contributed by atoms with van der Waals surface area (Å²) in [5.41, 5.74) is 2.88. The van der Waals surface area contributed by atoms with E-state index in [1.165, 1.54) is 0 Å². The number of nitrogens with zero attached hydrogens (tertiary/aromatic N) is 1. The molecule has 0 spiro atoms. The van der Waals surface area contributed by atoms with Crippen molar-refractivity contribution in [1.29, 1.82) is 0 Å². The van der Waals surface area contributed by atoms with Crippen LogP contribution < -0.4 is 10.6 Å². The maximum absolute atomic E-state index is 12.8. The molecule has 1 unspecified atom stereocenters. The van der Waals surface area contributed by atoms with Gasteiger partial charge in [0.25, 0.3) is 5.91 Å². The Morgan fingerprint density at radius 2 is 1.90 bits per heavy atom. The van der Waals surface area contributed by atoms with Crippen LogP contribution in [0.5, 0.6) is 0 Å². The molecular formula is C23H27N3O5. The first-order valence-corrected chi connectivity index (χ1v) is 10.3. The molecule has 8 heteroatoms. The van der Waals surface area contributed by atoms with Crippen molar-refractivity contribution in [3.05, 3.63) is 65.5 Å². The van der Waals surface area contributed by atoms with E-state index in [0.29, 0.717) is 19.4 Å². The summed E-state index contributed by atoms with van der Waals surface area (Å²) in [6.45, 7) is 4.26. The summed E-state index contributed by atoms with van der Waals surface area (Å²) >= 11 is 0. The van der Waals surface area contributed by atoms with Crippen LogP contribution in [0.2, 0.25) is 0 Å². The van der Waals surface area contributed by atoms with E-state index in [0.717, 1.165) is 16.8 Å². The predicted octanol–water partition coefficient (Wildman–Crippen LogP) is 1.11. The van der Waals surface area contributed by atoms with Crippen LogP contribution in [0.3, 0.4) is 0 Å². The van der Waals surface area contributed by atoms with Crippen LogP contribution in [0.4, 0.5) is 0 Å². The molecule has 31 heavy (non-hydrogen) atoms. The van der Waals surface area contributed by atoms with Crippen LogP contribution in [0.25, 0.3) is 0 Å². The minimum absolute atomic E-state index is 0.210. The summed E-state index contributed by atoms with van der Waals surface area (Å²) in [7, 11) is 0. The Balaban J connectivity index is 1.60. The molecule has 0 saturated carbocycles. The van der Waals surface area contributed by atoms with E-state index in [1.807, 2.05) is 49.4 Å². The van der Waals surface area contributed by atoms with Gasteiger partial charge in [0.1, 0.15) is 6.04 Å². The van der Waals surface area contributed by atoms with E-state index >= 15 is 0 Å². The summed E-state index contributed by atoms with van der Waals surface area (Å²) in [6, 6.07) is 12.6. The van der Waals surface area contributed by atoms with Gasteiger partial charge in [-0.25, -0.2) is 4.79 Å². The molecule has 8 nitrogen and oxygen atoms in total. The topological polar surface area (TPSA) is 110 Å². The largest absolute Gasteiger partial charge is 0.464 e. The second-order valence-corrected chi connectivity index (χ2v) is 7.34. The summed E-state index contributed by atoms with van der Waals surface area (Å²) in [6.07, 6.45) is 0.757. The van der Waals surface area contributed by atoms with E-state index in [-0.39, 0.29) is 12.5 Å². The molecule has 2 aromatic rings. The van der Waals surface area contributed by atoms with E-state index in [9.17, 15) is 14.4 Å². The number of aromatic nitrogens is 1. The molecule has 0 bridgehead atoms. The number of pyridine rings is 1. The summed E-state index contributed by atoms with van der Waals surface area (Å²) < 4.78 is 10.0. The standard InChI is InChI=1S/C23H27N3O5/c1-3-30-23(29)20-19(31-20)22(28)26-18(14-16-9-7-15(2)8-10-16)21(27)25-13-11-17-6-4-5-12-24-17/h4-10,12,18-20H,3,11,13-14H2,1-2H3,(H,25,27)(H,26,28)/t18-,19+,20?/m0/s1. The van der Waals surface area contributed by atoms with E-state index in [1.54, 1.807) is 13.1 Å². The fraction of sp³-hybridized carbons (Fsp3) is 0.391. The highest BCUT2D eigenvalue weighted by molar-refractivity contribution is 5.95. The SMILES string of the molecule is CCOC(=O)C1O[C@H]1C(=O)N[C@@H](Cc1ccc(C)cc1)C(=O)NCCc1ccccn1. The van der Waals surface area contributed by atoms with Crippen molar-refractivity contribution in [3.8, 4) is 0 Å². The molecule has 2 amide bonds. The third-order valence-electron chi connectivity index (χ3n) is 4.87. The molecule has 1 aliphatic rings. The van der Waals surface area contributed by atoms with Gasteiger partial charge in [0.05, 0.1) is 6.61 Å². The molecule has 1 aromatic carbocycles. The van der Waals surface area contributed by atoms with E-state index in [4.69, 9.17) is 9.47 Å². The first kappa shape index (κ1) is 22.4. The van der Waals surface area contributed by atoms with E-state index in [2.05, 4.69) is 15.6 Å². The van der Waals surface area contributed by atoms with Gasteiger partial charge in [-0.1, -0.05) is 35.9 Å². The second kappa shape index (κ2) is 10.7. The first-order chi connectivity index (χ1) is 15.0. The molecule has 2 heterocycles. The number of ether oxygens (including phenoxy) is 2. The third-order valence-corrected chi connectivity index (χ3v) is 4.87. The predicted molar refractivity (Wildman–Crippen MR) is 113 cm³/mol. The molecule has 0 aliphatic carbocycles. The van der Waals surface area contributed by atoms with Gasteiger partial charge in [-0.3, -0.25) is 14.6 Å². The Labute approximate surface area is 181 Å². The maximum Gasteiger partial charge on any atom is 0.338 e. The lowest BCUT2D eigenvalue weighted by molar-refractivity contribution is -0.144. The fourth-order valence-corrected chi connectivity index (χ4v) is 3.12. The van der Waals surface area contributed by atoms with Gasteiger partial charge in [0.2, 0.25) is 5.91 Å². The Bertz CT molecular complexity index is 901. The monoisotopic (exact) mass is 425 g/mol. The lowest BCUT2D eigenvalue weighted by atomic mass is 10.0. The molecule has 164 valence electrons.